The van der Waals surface area contributed by atoms with Crippen molar-refractivity contribution in [2.24, 2.45) is 0 Å². The normalized spacial score (nSPS) is 15.2. The van der Waals surface area contributed by atoms with E-state index in [0.29, 0.717) is 13.0 Å². The SMILES string of the molecule is Cc1nn(-c2ccccc2)c(C)c1CC(=O)NCCCN1CCOCC1. The van der Waals surface area contributed by atoms with Crippen LogP contribution in [0.3, 0.4) is 0 Å². The van der Waals surface area contributed by atoms with Gasteiger partial charge in [-0.3, -0.25) is 9.69 Å². The molecule has 1 saturated heterocycles. The maximum atomic E-state index is 12.3. The number of morpholine rings is 1. The first-order valence-corrected chi connectivity index (χ1v) is 9.32. The van der Waals surface area contributed by atoms with Gasteiger partial charge >= 0.3 is 0 Å². The summed E-state index contributed by atoms with van der Waals surface area (Å²) in [6.07, 6.45) is 1.34. The molecule has 2 aromatic rings. The Morgan fingerprint density at radius 1 is 1.19 bits per heavy atom. The van der Waals surface area contributed by atoms with Crippen molar-refractivity contribution in [1.82, 2.24) is 20.0 Å². The second-order valence-electron chi connectivity index (χ2n) is 6.73. The number of hydrogen-bond donors (Lipinski definition) is 1. The van der Waals surface area contributed by atoms with Crippen LogP contribution in [0.1, 0.15) is 23.4 Å². The fraction of sp³-hybridized carbons (Fsp3) is 0.500. The lowest BCUT2D eigenvalue weighted by Gasteiger charge is -2.26. The lowest BCUT2D eigenvalue weighted by Crippen LogP contribution is -2.38. The van der Waals surface area contributed by atoms with Crippen LogP contribution < -0.4 is 5.32 Å². The molecule has 0 radical (unpaired) electrons. The zero-order chi connectivity index (χ0) is 18.4. The highest BCUT2D eigenvalue weighted by Gasteiger charge is 2.16. The largest absolute Gasteiger partial charge is 0.379 e. The van der Waals surface area contributed by atoms with Gasteiger partial charge in [-0.05, 0) is 38.9 Å². The summed E-state index contributed by atoms with van der Waals surface area (Å²) in [6, 6.07) is 10.0. The third-order valence-electron chi connectivity index (χ3n) is 4.86. The summed E-state index contributed by atoms with van der Waals surface area (Å²) in [5, 5.41) is 7.65. The van der Waals surface area contributed by atoms with Gasteiger partial charge in [0.1, 0.15) is 0 Å². The molecule has 0 aliphatic carbocycles. The molecule has 1 aromatic carbocycles. The molecule has 1 N–H and O–H groups in total. The third kappa shape index (κ3) is 4.71. The lowest BCUT2D eigenvalue weighted by molar-refractivity contribution is -0.120. The summed E-state index contributed by atoms with van der Waals surface area (Å²) in [5.74, 6) is 0.0609. The summed E-state index contributed by atoms with van der Waals surface area (Å²) in [5.41, 5.74) is 3.97. The Bertz CT molecular complexity index is 721. The first-order chi connectivity index (χ1) is 12.6. The number of aromatic nitrogens is 2. The topological polar surface area (TPSA) is 59.4 Å². The maximum absolute atomic E-state index is 12.3. The molecule has 1 aromatic heterocycles. The predicted molar refractivity (Wildman–Crippen MR) is 102 cm³/mol. The standard InChI is InChI=1S/C20H28N4O2/c1-16-19(17(2)24(22-16)18-7-4-3-5-8-18)15-20(25)21-9-6-10-23-11-13-26-14-12-23/h3-5,7-8H,6,9-15H2,1-2H3,(H,21,25). The van der Waals surface area contributed by atoms with Crippen LogP contribution in [-0.2, 0) is 16.0 Å². The smallest absolute Gasteiger partial charge is 0.224 e. The molecule has 26 heavy (non-hydrogen) atoms. The van der Waals surface area contributed by atoms with E-state index in [-0.39, 0.29) is 5.91 Å². The number of amides is 1. The van der Waals surface area contributed by atoms with E-state index in [0.717, 1.165) is 61.9 Å². The summed E-state index contributed by atoms with van der Waals surface area (Å²) in [6.45, 7) is 9.32. The molecule has 0 bridgehead atoms. The molecule has 6 nitrogen and oxygen atoms in total. The number of hydrogen-bond acceptors (Lipinski definition) is 4. The van der Waals surface area contributed by atoms with Crippen molar-refractivity contribution in [2.45, 2.75) is 26.7 Å². The molecule has 140 valence electrons. The Hall–Kier alpha value is -2.18. The number of carbonyl (C=O) groups is 1. The molecule has 1 aliphatic heterocycles. The number of para-hydroxylation sites is 1. The van der Waals surface area contributed by atoms with Crippen molar-refractivity contribution in [1.29, 1.82) is 0 Å². The minimum atomic E-state index is 0.0609. The van der Waals surface area contributed by atoms with E-state index in [1.54, 1.807) is 0 Å². The average molecular weight is 356 g/mol. The fourth-order valence-corrected chi connectivity index (χ4v) is 3.33. The second kappa shape index (κ2) is 8.96. The molecule has 0 atom stereocenters. The van der Waals surface area contributed by atoms with Crippen LogP contribution in [0.25, 0.3) is 5.69 Å². The Morgan fingerprint density at radius 2 is 1.92 bits per heavy atom. The van der Waals surface area contributed by atoms with Crippen LogP contribution in [0.2, 0.25) is 0 Å². The van der Waals surface area contributed by atoms with Crippen LogP contribution >= 0.6 is 0 Å². The molecule has 0 unspecified atom stereocenters. The van der Waals surface area contributed by atoms with Crippen molar-refractivity contribution >= 4 is 5.91 Å². The number of carbonyl (C=O) groups excluding carboxylic acids is 1. The van der Waals surface area contributed by atoms with Crippen molar-refractivity contribution in [2.75, 3.05) is 39.4 Å². The van der Waals surface area contributed by atoms with Gasteiger partial charge in [0.05, 0.1) is 31.0 Å². The van der Waals surface area contributed by atoms with Crippen molar-refractivity contribution in [3.63, 3.8) is 0 Å². The van der Waals surface area contributed by atoms with Crippen LogP contribution in [0, 0.1) is 13.8 Å². The summed E-state index contributed by atoms with van der Waals surface area (Å²) in [4.78, 5) is 14.7. The van der Waals surface area contributed by atoms with E-state index in [4.69, 9.17) is 4.74 Å². The molecular weight excluding hydrogens is 328 g/mol. The van der Waals surface area contributed by atoms with E-state index in [1.807, 2.05) is 48.9 Å². The number of ether oxygens (including phenoxy) is 1. The summed E-state index contributed by atoms with van der Waals surface area (Å²) < 4.78 is 7.26. The number of nitrogens with one attached hydrogen (secondary N) is 1. The highest BCUT2D eigenvalue weighted by atomic mass is 16.5. The molecule has 2 heterocycles. The molecule has 0 spiro atoms. The third-order valence-corrected chi connectivity index (χ3v) is 4.86. The van der Waals surface area contributed by atoms with E-state index in [2.05, 4.69) is 15.3 Å². The molecule has 1 aliphatic rings. The number of benzene rings is 1. The Balaban J connectivity index is 1.50. The first-order valence-electron chi connectivity index (χ1n) is 9.32. The highest BCUT2D eigenvalue weighted by molar-refractivity contribution is 5.79. The van der Waals surface area contributed by atoms with Crippen LogP contribution in [0.15, 0.2) is 30.3 Å². The maximum Gasteiger partial charge on any atom is 0.224 e. The summed E-state index contributed by atoms with van der Waals surface area (Å²) >= 11 is 0. The van der Waals surface area contributed by atoms with E-state index < -0.39 is 0 Å². The zero-order valence-corrected chi connectivity index (χ0v) is 15.7. The number of rotatable bonds is 7. The Kier molecular flexibility index (Phi) is 6.41. The Labute approximate surface area is 155 Å². The molecule has 3 rings (SSSR count). The van der Waals surface area contributed by atoms with Crippen LogP contribution in [-0.4, -0.2) is 60.0 Å². The zero-order valence-electron chi connectivity index (χ0n) is 15.7. The molecule has 1 amide bonds. The van der Waals surface area contributed by atoms with Gasteiger partial charge in [0, 0.05) is 30.9 Å². The van der Waals surface area contributed by atoms with Gasteiger partial charge in [-0.25, -0.2) is 4.68 Å². The van der Waals surface area contributed by atoms with Crippen LogP contribution in [0.4, 0.5) is 0 Å². The quantitative estimate of drug-likeness (QED) is 0.770. The number of nitrogens with zero attached hydrogens (tertiary/aromatic N) is 3. The van der Waals surface area contributed by atoms with Gasteiger partial charge in [-0.15, -0.1) is 0 Å². The predicted octanol–water partition coefficient (Wildman–Crippen LogP) is 1.87. The lowest BCUT2D eigenvalue weighted by atomic mass is 10.1. The van der Waals surface area contributed by atoms with Crippen molar-refractivity contribution in [3.05, 3.63) is 47.3 Å². The van der Waals surface area contributed by atoms with E-state index >= 15 is 0 Å². The monoisotopic (exact) mass is 356 g/mol. The van der Waals surface area contributed by atoms with Crippen molar-refractivity contribution < 1.29 is 9.53 Å². The van der Waals surface area contributed by atoms with Gasteiger partial charge in [0.15, 0.2) is 0 Å². The van der Waals surface area contributed by atoms with Crippen molar-refractivity contribution in [3.8, 4) is 5.69 Å². The Morgan fingerprint density at radius 3 is 2.65 bits per heavy atom. The minimum absolute atomic E-state index is 0.0609. The van der Waals surface area contributed by atoms with E-state index in [1.165, 1.54) is 0 Å². The molecular formula is C20H28N4O2. The highest BCUT2D eigenvalue weighted by Crippen LogP contribution is 2.18. The fourth-order valence-electron chi connectivity index (χ4n) is 3.33. The molecule has 0 saturated carbocycles. The molecule has 6 heteroatoms. The van der Waals surface area contributed by atoms with Gasteiger partial charge in [0.25, 0.3) is 0 Å². The second-order valence-corrected chi connectivity index (χ2v) is 6.73. The van der Waals surface area contributed by atoms with Gasteiger partial charge in [-0.2, -0.15) is 5.10 Å². The minimum Gasteiger partial charge on any atom is -0.379 e. The molecule has 1 fully saturated rings. The average Bonchev–Trinajstić information content (AvgIpc) is 2.95. The van der Waals surface area contributed by atoms with Gasteiger partial charge in [-0.1, -0.05) is 18.2 Å². The summed E-state index contributed by atoms with van der Waals surface area (Å²) in [7, 11) is 0. The van der Waals surface area contributed by atoms with Gasteiger partial charge < -0.3 is 10.1 Å². The van der Waals surface area contributed by atoms with Gasteiger partial charge in [0.2, 0.25) is 5.91 Å². The van der Waals surface area contributed by atoms with Crippen LogP contribution in [0.5, 0.6) is 0 Å². The first kappa shape index (κ1) is 18.6. The number of aryl methyl sites for hydroxylation is 1. The van der Waals surface area contributed by atoms with E-state index in [9.17, 15) is 4.79 Å².